The molecular weight excluding hydrogens is 258 g/mol. The van der Waals surface area contributed by atoms with E-state index in [0.29, 0.717) is 26.2 Å². The second-order valence-electron chi connectivity index (χ2n) is 6.23. The van der Waals surface area contributed by atoms with Crippen molar-refractivity contribution in [2.75, 3.05) is 32.8 Å². The summed E-state index contributed by atoms with van der Waals surface area (Å²) in [4.78, 5) is 25.6. The minimum atomic E-state index is -0.341. The SMILES string of the molecule is CC(C)(C)C(=O)N1CCC(NC(=O)COCCN)CC1. The molecule has 1 aliphatic rings. The van der Waals surface area contributed by atoms with Gasteiger partial charge in [0.25, 0.3) is 0 Å². The van der Waals surface area contributed by atoms with Gasteiger partial charge < -0.3 is 20.7 Å². The zero-order valence-corrected chi connectivity index (χ0v) is 12.8. The van der Waals surface area contributed by atoms with Gasteiger partial charge in [0.2, 0.25) is 11.8 Å². The van der Waals surface area contributed by atoms with Gasteiger partial charge in [0.15, 0.2) is 0 Å². The summed E-state index contributed by atoms with van der Waals surface area (Å²) in [7, 11) is 0. The monoisotopic (exact) mass is 285 g/mol. The van der Waals surface area contributed by atoms with E-state index in [-0.39, 0.29) is 29.9 Å². The maximum Gasteiger partial charge on any atom is 0.246 e. The molecule has 0 aromatic rings. The molecule has 6 heteroatoms. The summed E-state index contributed by atoms with van der Waals surface area (Å²) in [5.41, 5.74) is 4.94. The van der Waals surface area contributed by atoms with E-state index in [4.69, 9.17) is 10.5 Å². The van der Waals surface area contributed by atoms with Crippen LogP contribution in [-0.2, 0) is 14.3 Å². The summed E-state index contributed by atoms with van der Waals surface area (Å²) >= 11 is 0. The number of likely N-dealkylation sites (tertiary alicyclic amines) is 1. The van der Waals surface area contributed by atoms with Crippen molar-refractivity contribution < 1.29 is 14.3 Å². The van der Waals surface area contributed by atoms with Crippen LogP contribution in [0, 0.1) is 5.41 Å². The Hall–Kier alpha value is -1.14. The Morgan fingerprint density at radius 1 is 1.30 bits per heavy atom. The maximum absolute atomic E-state index is 12.1. The molecule has 20 heavy (non-hydrogen) atoms. The Morgan fingerprint density at radius 3 is 2.40 bits per heavy atom. The fourth-order valence-corrected chi connectivity index (χ4v) is 2.22. The summed E-state index contributed by atoms with van der Waals surface area (Å²) in [6, 6.07) is 0.132. The van der Waals surface area contributed by atoms with Crippen LogP contribution in [0.25, 0.3) is 0 Å². The summed E-state index contributed by atoms with van der Waals surface area (Å²) < 4.78 is 5.09. The predicted octanol–water partition coefficient (Wildman–Crippen LogP) is 0.115. The van der Waals surface area contributed by atoms with Crippen LogP contribution in [0.4, 0.5) is 0 Å². The van der Waals surface area contributed by atoms with Crippen molar-refractivity contribution in [3.05, 3.63) is 0 Å². The lowest BCUT2D eigenvalue weighted by molar-refractivity contribution is -0.140. The molecule has 0 saturated carbocycles. The zero-order valence-electron chi connectivity index (χ0n) is 12.8. The number of nitrogens with zero attached hydrogens (tertiary/aromatic N) is 1. The lowest BCUT2D eigenvalue weighted by atomic mass is 9.93. The number of amides is 2. The molecule has 2 amide bonds. The average molecular weight is 285 g/mol. The van der Waals surface area contributed by atoms with Gasteiger partial charge in [0.05, 0.1) is 6.61 Å². The van der Waals surface area contributed by atoms with Gasteiger partial charge >= 0.3 is 0 Å². The molecule has 1 fully saturated rings. The van der Waals surface area contributed by atoms with Crippen molar-refractivity contribution in [2.24, 2.45) is 11.1 Å². The lowest BCUT2D eigenvalue weighted by Crippen LogP contribution is -2.49. The van der Waals surface area contributed by atoms with Crippen molar-refractivity contribution >= 4 is 11.8 Å². The second-order valence-corrected chi connectivity index (χ2v) is 6.23. The van der Waals surface area contributed by atoms with Crippen LogP contribution in [0.2, 0.25) is 0 Å². The Morgan fingerprint density at radius 2 is 1.90 bits per heavy atom. The Labute approximate surface area is 121 Å². The van der Waals surface area contributed by atoms with Crippen LogP contribution < -0.4 is 11.1 Å². The highest BCUT2D eigenvalue weighted by Crippen LogP contribution is 2.20. The fraction of sp³-hybridized carbons (Fsp3) is 0.857. The first-order chi connectivity index (χ1) is 9.34. The van der Waals surface area contributed by atoms with Gasteiger partial charge in [-0.2, -0.15) is 0 Å². The van der Waals surface area contributed by atoms with E-state index in [0.717, 1.165) is 12.8 Å². The minimum Gasteiger partial charge on any atom is -0.370 e. The van der Waals surface area contributed by atoms with E-state index in [1.807, 2.05) is 25.7 Å². The van der Waals surface area contributed by atoms with Crippen molar-refractivity contribution in [1.29, 1.82) is 0 Å². The van der Waals surface area contributed by atoms with Crippen molar-refractivity contribution in [1.82, 2.24) is 10.2 Å². The molecule has 0 radical (unpaired) electrons. The number of hydrogen-bond acceptors (Lipinski definition) is 4. The number of nitrogens with two attached hydrogens (primary N) is 1. The summed E-state index contributed by atoms with van der Waals surface area (Å²) in [6.07, 6.45) is 1.59. The number of nitrogens with one attached hydrogen (secondary N) is 1. The smallest absolute Gasteiger partial charge is 0.246 e. The number of hydrogen-bond donors (Lipinski definition) is 2. The number of ether oxygens (including phenoxy) is 1. The van der Waals surface area contributed by atoms with Crippen LogP contribution in [0.1, 0.15) is 33.6 Å². The molecule has 0 bridgehead atoms. The highest BCUT2D eigenvalue weighted by Gasteiger charge is 2.30. The van der Waals surface area contributed by atoms with Crippen LogP contribution in [-0.4, -0.2) is 55.6 Å². The van der Waals surface area contributed by atoms with Gasteiger partial charge in [0, 0.05) is 31.1 Å². The van der Waals surface area contributed by atoms with Gasteiger partial charge in [-0.1, -0.05) is 20.8 Å². The molecule has 0 unspecified atom stereocenters. The van der Waals surface area contributed by atoms with Gasteiger partial charge in [-0.25, -0.2) is 0 Å². The third-order valence-corrected chi connectivity index (χ3v) is 3.28. The zero-order chi connectivity index (χ0) is 15.2. The molecule has 1 heterocycles. The summed E-state index contributed by atoms with van der Waals surface area (Å²) in [6.45, 7) is 8.05. The van der Waals surface area contributed by atoms with E-state index in [2.05, 4.69) is 5.32 Å². The standard InChI is InChI=1S/C14H27N3O3/c1-14(2,3)13(19)17-7-4-11(5-8-17)16-12(18)10-20-9-6-15/h11H,4-10,15H2,1-3H3,(H,16,18). The number of carbonyl (C=O) groups excluding carboxylic acids is 2. The molecule has 3 N–H and O–H groups in total. The second kappa shape index (κ2) is 7.59. The van der Waals surface area contributed by atoms with E-state index in [9.17, 15) is 9.59 Å². The minimum absolute atomic E-state index is 0.0539. The van der Waals surface area contributed by atoms with Crippen LogP contribution in [0.5, 0.6) is 0 Å². The first-order valence-electron chi connectivity index (χ1n) is 7.21. The molecule has 0 aliphatic carbocycles. The van der Waals surface area contributed by atoms with Gasteiger partial charge in [0.1, 0.15) is 6.61 Å². The number of carbonyl (C=O) groups is 2. The van der Waals surface area contributed by atoms with Gasteiger partial charge in [-0.05, 0) is 12.8 Å². The summed E-state index contributed by atoms with van der Waals surface area (Å²) in [5.74, 6) is 0.0626. The Balaban J connectivity index is 2.28. The van der Waals surface area contributed by atoms with Crippen LogP contribution in [0.3, 0.4) is 0 Å². The van der Waals surface area contributed by atoms with E-state index >= 15 is 0 Å². The predicted molar refractivity (Wildman–Crippen MR) is 77.1 cm³/mol. The third-order valence-electron chi connectivity index (χ3n) is 3.28. The molecule has 0 spiro atoms. The highest BCUT2D eigenvalue weighted by atomic mass is 16.5. The van der Waals surface area contributed by atoms with Crippen LogP contribution >= 0.6 is 0 Å². The Kier molecular flexibility index (Phi) is 6.42. The lowest BCUT2D eigenvalue weighted by Gasteiger charge is -2.36. The van der Waals surface area contributed by atoms with Gasteiger partial charge in [-0.15, -0.1) is 0 Å². The largest absolute Gasteiger partial charge is 0.370 e. The average Bonchev–Trinajstić information content (AvgIpc) is 2.38. The van der Waals surface area contributed by atoms with Crippen molar-refractivity contribution in [3.63, 3.8) is 0 Å². The van der Waals surface area contributed by atoms with E-state index in [1.165, 1.54) is 0 Å². The van der Waals surface area contributed by atoms with Gasteiger partial charge in [-0.3, -0.25) is 9.59 Å². The molecular formula is C14H27N3O3. The molecule has 1 aliphatic heterocycles. The topological polar surface area (TPSA) is 84.7 Å². The fourth-order valence-electron chi connectivity index (χ4n) is 2.22. The molecule has 116 valence electrons. The quantitative estimate of drug-likeness (QED) is 0.702. The summed E-state index contributed by atoms with van der Waals surface area (Å²) in [5, 5.41) is 2.93. The third kappa shape index (κ3) is 5.46. The van der Waals surface area contributed by atoms with Crippen LogP contribution in [0.15, 0.2) is 0 Å². The van der Waals surface area contributed by atoms with Crippen molar-refractivity contribution in [3.8, 4) is 0 Å². The first-order valence-corrected chi connectivity index (χ1v) is 7.21. The van der Waals surface area contributed by atoms with Crippen molar-refractivity contribution in [2.45, 2.75) is 39.7 Å². The highest BCUT2D eigenvalue weighted by molar-refractivity contribution is 5.81. The molecule has 1 rings (SSSR count). The Bertz CT molecular complexity index is 331. The first kappa shape index (κ1) is 16.9. The maximum atomic E-state index is 12.1. The number of piperidine rings is 1. The van der Waals surface area contributed by atoms with E-state index < -0.39 is 0 Å². The molecule has 0 atom stereocenters. The molecule has 0 aromatic carbocycles. The number of rotatable bonds is 5. The molecule has 1 saturated heterocycles. The van der Waals surface area contributed by atoms with E-state index in [1.54, 1.807) is 0 Å². The normalized spacial score (nSPS) is 17.1. The molecule has 0 aromatic heterocycles. The molecule has 6 nitrogen and oxygen atoms in total.